The van der Waals surface area contributed by atoms with Crippen molar-refractivity contribution < 1.29 is 32.8 Å². The summed E-state index contributed by atoms with van der Waals surface area (Å²) < 4.78 is 29.9. The number of alkyl halides is 2. The van der Waals surface area contributed by atoms with Crippen LogP contribution in [-0.2, 0) is 9.59 Å². The van der Waals surface area contributed by atoms with E-state index < -0.39 is 36.1 Å². The van der Waals surface area contributed by atoms with Crippen LogP contribution in [0.4, 0.5) is 25.8 Å². The van der Waals surface area contributed by atoms with Gasteiger partial charge >= 0.3 is 0 Å². The van der Waals surface area contributed by atoms with Crippen LogP contribution in [0, 0.1) is 5.92 Å². The normalized spacial score (nSPS) is 21.0. The summed E-state index contributed by atoms with van der Waals surface area (Å²) >= 11 is 0. The zero-order valence-corrected chi connectivity index (χ0v) is 34.7. The molecule has 10 rings (SSSR count). The molecule has 328 valence electrons. The molecule has 1 atom stereocenters. The maximum Gasteiger partial charge on any atom is 0.262 e. The van der Waals surface area contributed by atoms with Crippen LogP contribution in [0.1, 0.15) is 75.6 Å². The summed E-state index contributed by atoms with van der Waals surface area (Å²) in [6, 6.07) is 10.2. The lowest BCUT2D eigenvalue weighted by molar-refractivity contribution is -0.136. The van der Waals surface area contributed by atoms with Crippen LogP contribution in [0.5, 0.6) is 0 Å². The Morgan fingerprint density at radius 1 is 0.857 bits per heavy atom. The first-order chi connectivity index (χ1) is 30.6. The van der Waals surface area contributed by atoms with Crippen molar-refractivity contribution in [3.63, 3.8) is 0 Å². The zero-order chi connectivity index (χ0) is 43.4. The lowest BCUT2D eigenvalue weighted by atomic mass is 9.94. The summed E-state index contributed by atoms with van der Waals surface area (Å²) in [7, 11) is 0. The van der Waals surface area contributed by atoms with Gasteiger partial charge in [-0.15, -0.1) is 0 Å². The summed E-state index contributed by atoms with van der Waals surface area (Å²) in [4.78, 5) is 78.4. The Balaban J connectivity index is 0.766. The number of fused-ring (bicyclic) bond motifs is 3. The molecular weight excluding hydrogens is 815 g/mol. The summed E-state index contributed by atoms with van der Waals surface area (Å²) in [5.74, 6) is -1.84. The molecule has 0 bridgehead atoms. The van der Waals surface area contributed by atoms with Crippen LogP contribution in [-0.4, -0.2) is 147 Å². The van der Waals surface area contributed by atoms with Crippen molar-refractivity contribution in [2.75, 3.05) is 80.6 Å². The molecule has 0 radical (unpaired) electrons. The molecular formula is C44H48F2N12O5. The van der Waals surface area contributed by atoms with Gasteiger partial charge in [0.2, 0.25) is 11.8 Å². The number of carbonyl (C=O) groups is 5. The number of piperidine rings is 3. The predicted molar refractivity (Wildman–Crippen MR) is 228 cm³/mol. The van der Waals surface area contributed by atoms with Gasteiger partial charge in [0.25, 0.3) is 24.1 Å². The molecule has 4 saturated heterocycles. The number of nitrogens with zero attached hydrogens (tertiary/aromatic N) is 10. The van der Waals surface area contributed by atoms with Crippen LogP contribution in [0.3, 0.4) is 0 Å². The minimum Gasteiger partial charge on any atom is -0.371 e. The number of carbonyl (C=O) groups excluding carboxylic acids is 5. The lowest BCUT2D eigenvalue weighted by Gasteiger charge is -2.38. The Kier molecular flexibility index (Phi) is 10.8. The molecule has 3 aromatic heterocycles. The summed E-state index contributed by atoms with van der Waals surface area (Å²) in [5, 5.41) is 15.6. The van der Waals surface area contributed by atoms with E-state index in [9.17, 15) is 32.8 Å². The molecule has 0 spiro atoms. The third-order valence-electron chi connectivity index (χ3n) is 13.4. The zero-order valence-electron chi connectivity index (χ0n) is 34.7. The number of aromatic nitrogens is 5. The molecule has 5 amide bonds. The molecule has 63 heavy (non-hydrogen) atoms. The Labute approximate surface area is 360 Å². The van der Waals surface area contributed by atoms with Gasteiger partial charge < -0.3 is 20.0 Å². The van der Waals surface area contributed by atoms with Gasteiger partial charge in [0.1, 0.15) is 11.6 Å². The van der Waals surface area contributed by atoms with Gasteiger partial charge in [-0.25, -0.2) is 18.3 Å². The molecule has 8 heterocycles. The van der Waals surface area contributed by atoms with Crippen LogP contribution in [0.2, 0.25) is 0 Å². The highest BCUT2D eigenvalue weighted by molar-refractivity contribution is 6.23. The third kappa shape index (κ3) is 7.99. The Hall–Kier alpha value is -6.34. The van der Waals surface area contributed by atoms with Crippen LogP contribution in [0.25, 0.3) is 16.6 Å². The maximum absolute atomic E-state index is 13.7. The van der Waals surface area contributed by atoms with E-state index in [0.717, 1.165) is 85.6 Å². The summed E-state index contributed by atoms with van der Waals surface area (Å²) in [6.45, 7) is 6.28. The number of amides is 5. The first-order valence-electron chi connectivity index (χ1n) is 21.8. The second-order valence-corrected chi connectivity index (χ2v) is 17.3. The fourth-order valence-electron chi connectivity index (χ4n) is 9.93. The molecule has 19 heteroatoms. The molecule has 4 fully saturated rings. The van der Waals surface area contributed by atoms with Crippen LogP contribution >= 0.6 is 0 Å². The smallest absolute Gasteiger partial charge is 0.262 e. The number of nitrogens with one attached hydrogen (secondary N) is 2. The largest absolute Gasteiger partial charge is 0.371 e. The second kappa shape index (κ2) is 16.7. The molecule has 0 aliphatic carbocycles. The minimum absolute atomic E-state index is 0.0803. The summed E-state index contributed by atoms with van der Waals surface area (Å²) in [5.41, 5.74) is 4.45. The van der Waals surface area contributed by atoms with Crippen LogP contribution in [0.15, 0.2) is 61.2 Å². The standard InChI is InChI=1S/C44H48F2N12O5/c45-38(46)26-53-16-18-55(19-17-53)37-22-34-28(20-35(37)49-41(60)33-23-48-56-11-1-10-47-40(33)56)25-57(51-34)29-8-12-52(13-9-29)24-27-6-14-54(15-7-27)30-2-3-31-32(21-30)44(63)58(43(31)62)36-4-5-39(59)50-42(36)61/h1-3,10-11,20-23,25,27,29,36,38H,4-9,12-19,24,26H2,(H,49,60)(H,50,59,61). The first-order valence-corrected chi connectivity index (χ1v) is 21.8. The predicted octanol–water partition coefficient (Wildman–Crippen LogP) is 3.67. The Morgan fingerprint density at radius 3 is 2.40 bits per heavy atom. The van der Waals surface area contributed by atoms with E-state index in [4.69, 9.17) is 5.10 Å². The van der Waals surface area contributed by atoms with Crippen molar-refractivity contribution in [1.29, 1.82) is 0 Å². The first kappa shape index (κ1) is 40.7. The minimum atomic E-state index is -2.39. The topological polar surface area (TPSA) is 174 Å². The number of halogens is 2. The van der Waals surface area contributed by atoms with Gasteiger partial charge in [0.05, 0.1) is 46.8 Å². The van der Waals surface area contributed by atoms with Crippen LogP contribution < -0.4 is 20.4 Å². The fourth-order valence-corrected chi connectivity index (χ4v) is 9.93. The number of rotatable bonds is 10. The van der Waals surface area contributed by atoms with Gasteiger partial charge in [-0.2, -0.15) is 10.2 Å². The average molecular weight is 863 g/mol. The van der Waals surface area contributed by atoms with Crippen molar-refractivity contribution in [3.05, 3.63) is 77.9 Å². The van der Waals surface area contributed by atoms with E-state index in [1.54, 1.807) is 40.0 Å². The molecule has 5 aromatic rings. The number of piperazine rings is 1. The van der Waals surface area contributed by atoms with Gasteiger partial charge in [-0.05, 0) is 74.4 Å². The van der Waals surface area contributed by atoms with Crippen molar-refractivity contribution >= 4 is 63.1 Å². The SMILES string of the molecule is O=C1CCC(N2C(=O)c3ccc(N4CCC(CN5CCC(n6cc7cc(NC(=O)c8cnn9cccnc89)c(N8CCN(CC(F)F)CC8)cc7n6)CC5)CC4)cc3C2=O)C(=O)N1. The fraction of sp³-hybridized carbons (Fsp3) is 0.455. The quantitative estimate of drug-likeness (QED) is 0.196. The van der Waals surface area contributed by atoms with E-state index in [1.807, 2.05) is 18.2 Å². The van der Waals surface area contributed by atoms with Gasteiger partial charge in [-0.3, -0.25) is 43.8 Å². The number of imide groups is 2. The van der Waals surface area contributed by atoms with E-state index in [1.165, 1.54) is 6.20 Å². The molecule has 1 unspecified atom stereocenters. The van der Waals surface area contributed by atoms with Gasteiger partial charge in [0.15, 0.2) is 5.65 Å². The second-order valence-electron chi connectivity index (χ2n) is 17.3. The molecule has 5 aliphatic heterocycles. The monoisotopic (exact) mass is 862 g/mol. The number of hydrogen-bond donors (Lipinski definition) is 2. The Bertz CT molecular complexity index is 2610. The summed E-state index contributed by atoms with van der Waals surface area (Å²) in [6.07, 6.45) is 8.57. The molecule has 0 saturated carbocycles. The number of anilines is 3. The Morgan fingerprint density at radius 2 is 1.63 bits per heavy atom. The van der Waals surface area contributed by atoms with E-state index >= 15 is 0 Å². The third-order valence-corrected chi connectivity index (χ3v) is 13.4. The highest BCUT2D eigenvalue weighted by atomic mass is 19.3. The lowest BCUT2D eigenvalue weighted by Crippen LogP contribution is -2.54. The van der Waals surface area contributed by atoms with Gasteiger partial charge in [0, 0.05) is 95.0 Å². The molecule has 17 nitrogen and oxygen atoms in total. The average Bonchev–Trinajstić information content (AvgIpc) is 3.98. The van der Waals surface area contributed by atoms with E-state index in [2.05, 4.69) is 46.3 Å². The number of benzene rings is 2. The highest BCUT2D eigenvalue weighted by Gasteiger charge is 2.45. The van der Waals surface area contributed by atoms with Crippen molar-refractivity contribution in [2.45, 2.75) is 57.0 Å². The number of likely N-dealkylation sites (tertiary alicyclic amines) is 1. The highest BCUT2D eigenvalue weighted by Crippen LogP contribution is 2.36. The molecule has 2 aromatic carbocycles. The molecule has 2 N–H and O–H groups in total. The van der Waals surface area contributed by atoms with E-state index in [-0.39, 0.29) is 36.9 Å². The molecule has 5 aliphatic rings. The maximum atomic E-state index is 13.7. The van der Waals surface area contributed by atoms with Crippen molar-refractivity contribution in [1.82, 2.24) is 44.4 Å². The van der Waals surface area contributed by atoms with Crippen molar-refractivity contribution in [2.24, 2.45) is 5.92 Å². The van der Waals surface area contributed by atoms with E-state index in [0.29, 0.717) is 54.6 Å². The van der Waals surface area contributed by atoms with Crippen molar-refractivity contribution in [3.8, 4) is 0 Å². The number of hydrogen-bond acceptors (Lipinski definition) is 12. The van der Waals surface area contributed by atoms with Gasteiger partial charge in [-0.1, -0.05) is 0 Å².